The molecule has 2 aliphatic rings. The lowest BCUT2D eigenvalue weighted by Crippen LogP contribution is -2.52. The number of likely N-dealkylation sites (tertiary alicyclic amines) is 1. The average molecular weight is 411 g/mol. The van der Waals surface area contributed by atoms with Crippen LogP contribution in [-0.4, -0.2) is 79.3 Å². The summed E-state index contributed by atoms with van der Waals surface area (Å²) >= 11 is 0. The van der Waals surface area contributed by atoms with E-state index in [4.69, 9.17) is 4.74 Å². The quantitative estimate of drug-likeness (QED) is 0.395. The fourth-order valence-electron chi connectivity index (χ4n) is 3.44. The van der Waals surface area contributed by atoms with Crippen molar-refractivity contribution in [3.05, 3.63) is 0 Å². The molecular formula is C21H38N4O4. The summed E-state index contributed by atoms with van der Waals surface area (Å²) in [5.41, 5.74) is -0.482. The van der Waals surface area contributed by atoms with E-state index in [0.29, 0.717) is 12.5 Å². The highest BCUT2D eigenvalue weighted by Crippen LogP contribution is 2.32. The highest BCUT2D eigenvalue weighted by Gasteiger charge is 2.35. The monoisotopic (exact) mass is 410 g/mol. The molecule has 0 atom stereocenters. The number of carbonyl (C=O) groups is 2. The van der Waals surface area contributed by atoms with Crippen molar-refractivity contribution in [2.75, 3.05) is 39.8 Å². The van der Waals surface area contributed by atoms with Crippen molar-refractivity contribution in [2.45, 2.75) is 71.4 Å². The molecular weight excluding hydrogens is 372 g/mol. The predicted molar refractivity (Wildman–Crippen MR) is 113 cm³/mol. The molecule has 8 heteroatoms. The molecule has 8 nitrogen and oxygen atoms in total. The number of esters is 1. The number of amides is 1. The number of hydrogen-bond acceptors (Lipinski definition) is 5. The van der Waals surface area contributed by atoms with Crippen molar-refractivity contribution < 1.29 is 19.1 Å². The number of carbonyl (C=O) groups excluding carboxylic acids is 2. The van der Waals surface area contributed by atoms with Crippen LogP contribution >= 0.6 is 0 Å². The second-order valence-corrected chi connectivity index (χ2v) is 8.86. The Morgan fingerprint density at radius 3 is 2.34 bits per heavy atom. The van der Waals surface area contributed by atoms with Crippen molar-refractivity contribution in [1.29, 1.82) is 0 Å². The topological polar surface area (TPSA) is 83.5 Å². The summed E-state index contributed by atoms with van der Waals surface area (Å²) in [5.74, 6) is 1.19. The average Bonchev–Trinajstić information content (AvgIpc) is 3.48. The van der Waals surface area contributed by atoms with E-state index in [-0.39, 0.29) is 24.5 Å². The van der Waals surface area contributed by atoms with Gasteiger partial charge in [0.25, 0.3) is 0 Å². The van der Waals surface area contributed by atoms with Crippen LogP contribution in [0.15, 0.2) is 4.99 Å². The Morgan fingerprint density at radius 2 is 1.83 bits per heavy atom. The number of nitrogens with one attached hydrogen (secondary N) is 1. The molecule has 1 heterocycles. The number of guanidine groups is 1. The van der Waals surface area contributed by atoms with E-state index >= 15 is 0 Å². The number of ether oxygens (including phenoxy) is 2. The van der Waals surface area contributed by atoms with Gasteiger partial charge in [-0.15, -0.1) is 0 Å². The lowest BCUT2D eigenvalue weighted by molar-refractivity contribution is -0.140. The first kappa shape index (κ1) is 23.3. The van der Waals surface area contributed by atoms with Gasteiger partial charge >= 0.3 is 12.1 Å². The van der Waals surface area contributed by atoms with Crippen LogP contribution in [0.5, 0.6) is 0 Å². The van der Waals surface area contributed by atoms with Crippen molar-refractivity contribution in [3.63, 3.8) is 0 Å². The van der Waals surface area contributed by atoms with Crippen molar-refractivity contribution in [3.8, 4) is 0 Å². The minimum Gasteiger partial charge on any atom is -0.469 e. The summed E-state index contributed by atoms with van der Waals surface area (Å²) in [5, 5.41) is 3.30. The lowest BCUT2D eigenvalue weighted by Gasteiger charge is -2.40. The largest absolute Gasteiger partial charge is 0.469 e. The Labute approximate surface area is 175 Å². The summed E-state index contributed by atoms with van der Waals surface area (Å²) in [7, 11) is 1.39. The van der Waals surface area contributed by atoms with E-state index in [2.05, 4.69) is 19.9 Å². The molecule has 0 aromatic carbocycles. The number of hydrogen-bond donors (Lipinski definition) is 1. The molecule has 1 aliphatic carbocycles. The Morgan fingerprint density at radius 1 is 1.17 bits per heavy atom. The van der Waals surface area contributed by atoms with E-state index in [1.807, 2.05) is 32.6 Å². The smallest absolute Gasteiger partial charge is 0.410 e. The van der Waals surface area contributed by atoms with Gasteiger partial charge in [0.05, 0.1) is 20.1 Å². The minimum absolute atomic E-state index is 0.193. The van der Waals surface area contributed by atoms with E-state index in [0.717, 1.165) is 45.0 Å². The van der Waals surface area contributed by atoms with Crippen LogP contribution in [0.2, 0.25) is 0 Å². The molecule has 2 fully saturated rings. The minimum atomic E-state index is -0.482. The standard InChI is InChI=1S/C21H38N4O4/c1-6-22-19(23-12-9-18(26)28-5)24-13-10-17(11-14-24)25(15-16-7-8-16)20(27)29-21(2,3)4/h16-17H,6-15H2,1-5H3,(H,22,23). The molecule has 29 heavy (non-hydrogen) atoms. The molecule has 1 saturated carbocycles. The van der Waals surface area contributed by atoms with Gasteiger partial charge in [0, 0.05) is 32.2 Å². The third-order valence-corrected chi connectivity index (χ3v) is 5.12. The molecule has 1 N–H and O–H groups in total. The van der Waals surface area contributed by atoms with Crippen LogP contribution in [0.4, 0.5) is 4.79 Å². The fraction of sp³-hybridized carbons (Fsp3) is 0.857. The van der Waals surface area contributed by atoms with Gasteiger partial charge in [0.1, 0.15) is 5.60 Å². The first-order valence-electron chi connectivity index (χ1n) is 10.8. The Bertz CT molecular complexity index is 576. The molecule has 166 valence electrons. The maximum Gasteiger partial charge on any atom is 0.410 e. The zero-order chi connectivity index (χ0) is 21.4. The number of rotatable bonds is 7. The van der Waals surface area contributed by atoms with E-state index in [1.54, 1.807) is 0 Å². The summed E-state index contributed by atoms with van der Waals surface area (Å²) in [4.78, 5) is 32.8. The molecule has 0 aromatic rings. The Balaban J connectivity index is 1.94. The molecule has 1 amide bonds. The summed E-state index contributed by atoms with van der Waals surface area (Å²) < 4.78 is 10.4. The van der Waals surface area contributed by atoms with E-state index < -0.39 is 5.60 Å². The lowest BCUT2D eigenvalue weighted by atomic mass is 10.0. The first-order valence-corrected chi connectivity index (χ1v) is 10.8. The zero-order valence-electron chi connectivity index (χ0n) is 18.7. The number of aliphatic imine (C=N–C) groups is 1. The molecule has 0 aromatic heterocycles. The number of methoxy groups -OCH3 is 1. The van der Waals surface area contributed by atoms with Gasteiger partial charge in [-0.2, -0.15) is 0 Å². The SMILES string of the molecule is CCNC(=NCCC(=O)OC)N1CCC(N(CC2CC2)C(=O)OC(C)(C)C)CC1. The maximum absolute atomic E-state index is 12.8. The van der Waals surface area contributed by atoms with Crippen molar-refractivity contribution in [1.82, 2.24) is 15.1 Å². The second-order valence-electron chi connectivity index (χ2n) is 8.86. The molecule has 1 aliphatic heterocycles. The molecule has 0 radical (unpaired) electrons. The van der Waals surface area contributed by atoms with Crippen LogP contribution < -0.4 is 5.32 Å². The number of piperidine rings is 1. The van der Waals surface area contributed by atoms with Crippen LogP contribution in [0, 0.1) is 5.92 Å². The normalized spacial score (nSPS) is 18.4. The Hall–Kier alpha value is -1.99. The molecule has 0 unspecified atom stereocenters. The van der Waals surface area contributed by atoms with Crippen LogP contribution in [0.25, 0.3) is 0 Å². The van der Waals surface area contributed by atoms with Gasteiger partial charge in [-0.05, 0) is 59.3 Å². The van der Waals surface area contributed by atoms with Crippen molar-refractivity contribution in [2.24, 2.45) is 10.9 Å². The van der Waals surface area contributed by atoms with E-state index in [9.17, 15) is 9.59 Å². The van der Waals surface area contributed by atoms with Gasteiger partial charge in [-0.25, -0.2) is 4.79 Å². The van der Waals surface area contributed by atoms with Crippen molar-refractivity contribution >= 4 is 18.0 Å². The first-order chi connectivity index (χ1) is 13.7. The molecule has 0 spiro atoms. The van der Waals surface area contributed by atoms with Gasteiger partial charge < -0.3 is 24.6 Å². The summed E-state index contributed by atoms with van der Waals surface area (Å²) in [6, 6.07) is 0.194. The van der Waals surface area contributed by atoms with Crippen LogP contribution in [0.1, 0.15) is 59.8 Å². The third-order valence-electron chi connectivity index (χ3n) is 5.12. The van der Waals surface area contributed by atoms with Crippen LogP contribution in [-0.2, 0) is 14.3 Å². The molecule has 1 saturated heterocycles. The maximum atomic E-state index is 12.8. The number of nitrogens with zero attached hydrogens (tertiary/aromatic N) is 3. The third kappa shape index (κ3) is 8.11. The van der Waals surface area contributed by atoms with Gasteiger partial charge in [0.2, 0.25) is 0 Å². The zero-order valence-corrected chi connectivity index (χ0v) is 18.7. The second kappa shape index (κ2) is 10.7. The van der Waals surface area contributed by atoms with E-state index in [1.165, 1.54) is 20.0 Å². The molecule has 2 rings (SSSR count). The summed E-state index contributed by atoms with van der Waals surface area (Å²) in [6.07, 6.45) is 4.25. The fourth-order valence-corrected chi connectivity index (χ4v) is 3.44. The van der Waals surface area contributed by atoms with Gasteiger partial charge in [-0.3, -0.25) is 9.79 Å². The highest BCUT2D eigenvalue weighted by atomic mass is 16.6. The highest BCUT2D eigenvalue weighted by molar-refractivity contribution is 5.80. The van der Waals surface area contributed by atoms with Gasteiger partial charge in [-0.1, -0.05) is 0 Å². The Kier molecular flexibility index (Phi) is 8.59. The van der Waals surface area contributed by atoms with Crippen LogP contribution in [0.3, 0.4) is 0 Å². The summed E-state index contributed by atoms with van der Waals surface area (Å²) in [6.45, 7) is 11.4. The molecule has 0 bridgehead atoms. The van der Waals surface area contributed by atoms with Gasteiger partial charge in [0.15, 0.2) is 5.96 Å². The predicted octanol–water partition coefficient (Wildman–Crippen LogP) is 2.63.